The first kappa shape index (κ1) is 42.2. The average Bonchev–Trinajstić information content (AvgIpc) is 3.54. The molecule has 1 heterocycles. The minimum atomic E-state index is 0.619. The van der Waals surface area contributed by atoms with Crippen molar-refractivity contribution in [2.24, 2.45) is 0 Å². The van der Waals surface area contributed by atoms with Crippen molar-refractivity contribution >= 4 is 0 Å². The van der Waals surface area contributed by atoms with Crippen molar-refractivity contribution in [3.05, 3.63) is 18.2 Å². The molecule has 2 nitrogen and oxygen atoms in total. The van der Waals surface area contributed by atoms with E-state index in [2.05, 4.69) is 49.6 Å². The van der Waals surface area contributed by atoms with Gasteiger partial charge in [0.2, 0.25) is 0 Å². The summed E-state index contributed by atoms with van der Waals surface area (Å²) in [6, 6.07) is 0.619. The highest BCUT2D eigenvalue weighted by molar-refractivity contribution is 4.90. The molecular weight excluding hydrogens is 544 g/mol. The predicted molar refractivity (Wildman–Crippen MR) is 202 cm³/mol. The van der Waals surface area contributed by atoms with Crippen molar-refractivity contribution in [3.63, 3.8) is 0 Å². The smallest absolute Gasteiger partial charge is 0.247 e. The van der Waals surface area contributed by atoms with Gasteiger partial charge in [0.1, 0.15) is 12.4 Å². The van der Waals surface area contributed by atoms with E-state index in [-0.39, 0.29) is 0 Å². The highest BCUT2D eigenvalue weighted by atomic mass is 15.1. The molecule has 0 saturated carbocycles. The highest BCUT2D eigenvalue weighted by Gasteiger charge is 2.25. The van der Waals surface area contributed by atoms with Gasteiger partial charge in [-0.25, -0.2) is 9.55 Å². The summed E-state index contributed by atoms with van der Waals surface area (Å²) in [4.78, 5) is 3.73. The molecular formula is C43H85N2+. The molecule has 1 rings (SSSR count). The van der Waals surface area contributed by atoms with E-state index in [1.54, 1.807) is 0 Å². The molecule has 0 fully saturated rings. The van der Waals surface area contributed by atoms with Gasteiger partial charge in [-0.2, -0.15) is 0 Å². The molecule has 1 aromatic rings. The number of aromatic nitrogens is 2. The summed E-state index contributed by atoms with van der Waals surface area (Å²) in [6.45, 7) is 9.43. The van der Waals surface area contributed by atoms with E-state index >= 15 is 0 Å². The molecule has 2 unspecified atom stereocenters. The Morgan fingerprint density at radius 3 is 1.09 bits per heavy atom. The van der Waals surface area contributed by atoms with Crippen molar-refractivity contribution in [2.75, 3.05) is 0 Å². The Morgan fingerprint density at radius 2 is 0.711 bits per heavy atom. The van der Waals surface area contributed by atoms with E-state index in [0.717, 1.165) is 0 Å². The van der Waals surface area contributed by atoms with Crippen LogP contribution in [0, 0.1) is 0 Å². The summed E-state index contributed by atoms with van der Waals surface area (Å²) >= 11 is 0. The quantitative estimate of drug-likeness (QED) is 0.0563. The molecule has 0 amide bonds. The Kier molecular flexibility index (Phi) is 31.1. The Labute approximate surface area is 285 Å². The first-order chi connectivity index (χ1) is 22.2. The van der Waals surface area contributed by atoms with Gasteiger partial charge in [-0.05, 0) is 32.6 Å². The molecule has 0 aromatic carbocycles. The minimum absolute atomic E-state index is 0.619. The Morgan fingerprint density at radius 1 is 0.422 bits per heavy atom. The van der Waals surface area contributed by atoms with Crippen molar-refractivity contribution in [2.45, 2.75) is 258 Å². The van der Waals surface area contributed by atoms with Crippen molar-refractivity contribution in [1.29, 1.82) is 0 Å². The third-order valence-corrected chi connectivity index (χ3v) is 10.6. The molecule has 0 radical (unpaired) electrons. The summed E-state index contributed by atoms with van der Waals surface area (Å²) in [5.41, 5.74) is 0. The summed E-state index contributed by atoms with van der Waals surface area (Å²) in [7, 11) is 0. The molecule has 0 aliphatic carbocycles. The van der Waals surface area contributed by atoms with E-state index in [1.807, 2.05) is 0 Å². The molecule has 2 heteroatoms. The van der Waals surface area contributed by atoms with E-state index in [0.29, 0.717) is 12.0 Å². The lowest BCUT2D eigenvalue weighted by Gasteiger charge is -2.17. The average molecular weight is 630 g/mol. The Bertz CT molecular complexity index is 694. The van der Waals surface area contributed by atoms with Crippen LogP contribution in [0.2, 0.25) is 0 Å². The molecule has 1 N–H and O–H groups in total. The fourth-order valence-electron chi connectivity index (χ4n) is 7.49. The van der Waals surface area contributed by atoms with Gasteiger partial charge in [-0.3, -0.25) is 0 Å². The molecule has 0 spiro atoms. The maximum absolute atomic E-state index is 3.73. The van der Waals surface area contributed by atoms with Crippen LogP contribution in [0.3, 0.4) is 0 Å². The van der Waals surface area contributed by atoms with Gasteiger partial charge in [-0.1, -0.05) is 213 Å². The van der Waals surface area contributed by atoms with Gasteiger partial charge in [0.05, 0.1) is 12.0 Å². The topological polar surface area (TPSA) is 19.7 Å². The number of hydrogen-bond acceptors (Lipinski definition) is 0. The SMILES string of the molecule is CCCCCCCCCCCCCCCCC(CCCCC)c1[nH]cc[n+]1C(C)CCCCCCCCCCCCCCCC. The third kappa shape index (κ3) is 25.0. The standard InChI is InChI=1S/C43H84N2/c1-5-8-11-13-15-17-19-21-23-25-27-29-31-34-36-41(4)45-40-39-44-43(45)42(37-33-10-7-3)38-35-32-30-28-26-24-22-20-18-16-14-12-9-6-2/h39-42H,5-38H2,1-4H3/p+1. The maximum Gasteiger partial charge on any atom is 0.257 e. The number of rotatable bonds is 36. The van der Waals surface area contributed by atoms with Gasteiger partial charge >= 0.3 is 0 Å². The number of imidazole rings is 1. The largest absolute Gasteiger partial charge is 0.257 e. The van der Waals surface area contributed by atoms with Crippen LogP contribution in [0.1, 0.15) is 264 Å². The zero-order valence-electron chi connectivity index (χ0n) is 31.8. The fourth-order valence-corrected chi connectivity index (χ4v) is 7.49. The summed E-state index contributed by atoms with van der Waals surface area (Å²) < 4.78 is 2.63. The first-order valence-corrected chi connectivity index (χ1v) is 21.3. The molecule has 2 atom stereocenters. The number of nitrogens with one attached hydrogen (secondary N) is 1. The zero-order chi connectivity index (χ0) is 32.5. The Hall–Kier alpha value is -0.790. The molecule has 266 valence electrons. The monoisotopic (exact) mass is 630 g/mol. The van der Waals surface area contributed by atoms with Crippen LogP contribution in [0.5, 0.6) is 0 Å². The minimum Gasteiger partial charge on any atom is -0.247 e. The summed E-state index contributed by atoms with van der Waals surface area (Å²) in [5, 5.41) is 0. The maximum atomic E-state index is 3.73. The molecule has 45 heavy (non-hydrogen) atoms. The van der Waals surface area contributed by atoms with E-state index in [4.69, 9.17) is 0 Å². The van der Waals surface area contributed by atoms with Gasteiger partial charge in [0, 0.05) is 0 Å². The van der Waals surface area contributed by atoms with Crippen molar-refractivity contribution in [1.82, 2.24) is 4.98 Å². The fraction of sp³-hybridized carbons (Fsp3) is 0.930. The second kappa shape index (κ2) is 33.1. The van der Waals surface area contributed by atoms with E-state index in [1.165, 1.54) is 224 Å². The lowest BCUT2D eigenvalue weighted by atomic mass is 9.93. The summed E-state index contributed by atoms with van der Waals surface area (Å²) in [6.07, 6.45) is 53.2. The lowest BCUT2D eigenvalue weighted by molar-refractivity contribution is -0.727. The Balaban J connectivity index is 2.20. The molecule has 0 saturated heterocycles. The normalized spacial score (nSPS) is 13.1. The van der Waals surface area contributed by atoms with Crippen LogP contribution in [-0.2, 0) is 0 Å². The molecule has 0 aliphatic rings. The number of unbranched alkanes of at least 4 members (excludes halogenated alkanes) is 28. The van der Waals surface area contributed by atoms with Gasteiger partial charge < -0.3 is 0 Å². The number of hydrogen-bond donors (Lipinski definition) is 1. The lowest BCUT2D eigenvalue weighted by Crippen LogP contribution is -2.41. The van der Waals surface area contributed by atoms with Crippen LogP contribution >= 0.6 is 0 Å². The van der Waals surface area contributed by atoms with Crippen LogP contribution in [-0.4, -0.2) is 4.98 Å². The zero-order valence-corrected chi connectivity index (χ0v) is 31.8. The van der Waals surface area contributed by atoms with Gasteiger partial charge in [-0.15, -0.1) is 0 Å². The third-order valence-electron chi connectivity index (χ3n) is 10.6. The van der Waals surface area contributed by atoms with Crippen LogP contribution in [0.4, 0.5) is 0 Å². The van der Waals surface area contributed by atoms with Gasteiger partial charge in [0.15, 0.2) is 0 Å². The number of aromatic amines is 1. The second-order valence-electron chi connectivity index (χ2n) is 15.1. The predicted octanol–water partition coefficient (Wildman–Crippen LogP) is 15.3. The molecule has 0 bridgehead atoms. The number of H-pyrrole nitrogens is 1. The summed E-state index contributed by atoms with van der Waals surface area (Å²) in [5.74, 6) is 2.24. The van der Waals surface area contributed by atoms with Crippen LogP contribution in [0.25, 0.3) is 0 Å². The van der Waals surface area contributed by atoms with Crippen molar-refractivity contribution in [3.8, 4) is 0 Å². The first-order valence-electron chi connectivity index (χ1n) is 21.3. The molecule has 1 aromatic heterocycles. The van der Waals surface area contributed by atoms with Crippen LogP contribution in [0.15, 0.2) is 12.4 Å². The second-order valence-corrected chi connectivity index (χ2v) is 15.1. The highest BCUT2D eigenvalue weighted by Crippen LogP contribution is 2.27. The molecule has 0 aliphatic heterocycles. The van der Waals surface area contributed by atoms with Crippen LogP contribution < -0.4 is 4.57 Å². The van der Waals surface area contributed by atoms with Crippen molar-refractivity contribution < 1.29 is 4.57 Å². The van der Waals surface area contributed by atoms with E-state index < -0.39 is 0 Å². The van der Waals surface area contributed by atoms with Gasteiger partial charge in [0.25, 0.3) is 5.82 Å². The number of nitrogens with zero attached hydrogens (tertiary/aromatic N) is 1. The van der Waals surface area contributed by atoms with E-state index in [9.17, 15) is 0 Å².